The topological polar surface area (TPSA) is 70.0 Å². The van der Waals surface area contributed by atoms with Crippen LogP contribution in [0.25, 0.3) is 10.9 Å². The maximum atomic E-state index is 12.4. The largest absolute Gasteiger partial charge is 0.486 e. The molecule has 0 spiro atoms. The van der Waals surface area contributed by atoms with Crippen LogP contribution >= 0.6 is 0 Å². The second-order valence-corrected chi connectivity index (χ2v) is 7.80. The average Bonchev–Trinajstić information content (AvgIpc) is 3.09. The summed E-state index contributed by atoms with van der Waals surface area (Å²) in [7, 11) is 1.86. The molecule has 0 saturated heterocycles. The van der Waals surface area contributed by atoms with Gasteiger partial charge in [0.05, 0.1) is 37.4 Å². The minimum atomic E-state index is -0.355. The Labute approximate surface area is 187 Å². The summed E-state index contributed by atoms with van der Waals surface area (Å²) in [6.07, 6.45) is -0.143. The highest BCUT2D eigenvalue weighted by molar-refractivity contribution is 5.97. The molecule has 7 nitrogen and oxygen atoms in total. The molecule has 0 N–H and O–H groups in total. The number of fused-ring (bicyclic) bond motifs is 2. The van der Waals surface area contributed by atoms with Crippen LogP contribution in [-0.4, -0.2) is 42.4 Å². The first kappa shape index (κ1) is 21.7. The number of nitrogens with zero attached hydrogens (tertiary/aromatic N) is 2. The maximum Gasteiger partial charge on any atom is 0.354 e. The summed E-state index contributed by atoms with van der Waals surface area (Å²) < 4.78 is 18.4. The van der Waals surface area contributed by atoms with Crippen molar-refractivity contribution in [1.82, 2.24) is 4.57 Å². The van der Waals surface area contributed by atoms with Crippen LogP contribution in [0.1, 0.15) is 36.3 Å². The number of benzene rings is 2. The van der Waals surface area contributed by atoms with Crippen LogP contribution in [-0.2, 0) is 27.9 Å². The number of aromatic nitrogens is 1. The summed E-state index contributed by atoms with van der Waals surface area (Å²) in [6.45, 7) is 5.48. The number of hydrogen-bond acceptors (Lipinski definition) is 6. The number of carbonyl (C=O) groups is 2. The predicted octanol–water partition coefficient (Wildman–Crippen LogP) is 4.08. The zero-order valence-electron chi connectivity index (χ0n) is 18.7. The standard InChI is InChI=1S/C25H28N2O5/c1-4-30-24(28)13-19-16-27(15-17-9-7-6-8-10-17)21-14-20-18(12-23(21)32-19)11-22(26(20)3)25(29)31-5-2/h6-12,14,19H,4-5,13,15-16H2,1-3H3. The van der Waals surface area contributed by atoms with E-state index in [9.17, 15) is 9.59 Å². The first-order valence-electron chi connectivity index (χ1n) is 10.9. The minimum Gasteiger partial charge on any atom is -0.486 e. The Morgan fingerprint density at radius 3 is 2.53 bits per heavy atom. The van der Waals surface area contributed by atoms with Crippen LogP contribution in [0.4, 0.5) is 5.69 Å². The molecule has 7 heteroatoms. The Kier molecular flexibility index (Phi) is 6.35. The molecule has 2 heterocycles. The first-order chi connectivity index (χ1) is 15.5. The van der Waals surface area contributed by atoms with E-state index in [0.717, 1.165) is 22.2 Å². The lowest BCUT2D eigenvalue weighted by molar-refractivity contribution is -0.144. The van der Waals surface area contributed by atoms with Crippen molar-refractivity contribution in [1.29, 1.82) is 0 Å². The van der Waals surface area contributed by atoms with Gasteiger partial charge in [-0.3, -0.25) is 4.79 Å². The van der Waals surface area contributed by atoms with Crippen LogP contribution in [0.2, 0.25) is 0 Å². The lowest BCUT2D eigenvalue weighted by Gasteiger charge is -2.36. The summed E-state index contributed by atoms with van der Waals surface area (Å²) in [5.74, 6) is 0.0624. The molecule has 4 rings (SSSR count). The first-order valence-corrected chi connectivity index (χ1v) is 10.9. The molecule has 1 aliphatic rings. The van der Waals surface area contributed by atoms with Gasteiger partial charge in [-0.15, -0.1) is 0 Å². The third kappa shape index (κ3) is 4.42. The van der Waals surface area contributed by atoms with E-state index >= 15 is 0 Å². The normalized spacial score (nSPS) is 15.2. The van der Waals surface area contributed by atoms with Gasteiger partial charge < -0.3 is 23.7 Å². The van der Waals surface area contributed by atoms with Crippen molar-refractivity contribution >= 4 is 28.5 Å². The van der Waals surface area contributed by atoms with E-state index in [1.54, 1.807) is 13.8 Å². The van der Waals surface area contributed by atoms with Gasteiger partial charge in [-0.25, -0.2) is 4.79 Å². The molecule has 1 atom stereocenters. The Morgan fingerprint density at radius 1 is 1.06 bits per heavy atom. The van der Waals surface area contributed by atoms with Crippen molar-refractivity contribution in [2.24, 2.45) is 7.05 Å². The molecule has 1 aliphatic heterocycles. The van der Waals surface area contributed by atoms with E-state index in [4.69, 9.17) is 14.2 Å². The highest BCUT2D eigenvalue weighted by atomic mass is 16.5. The van der Waals surface area contributed by atoms with E-state index in [1.807, 2.05) is 48.0 Å². The number of ether oxygens (including phenoxy) is 3. The number of anilines is 1. The van der Waals surface area contributed by atoms with Crippen molar-refractivity contribution in [2.45, 2.75) is 32.9 Å². The molecule has 0 bridgehead atoms. The van der Waals surface area contributed by atoms with E-state index in [1.165, 1.54) is 0 Å². The molecule has 2 aromatic carbocycles. The molecule has 1 unspecified atom stereocenters. The zero-order valence-corrected chi connectivity index (χ0v) is 18.7. The lowest BCUT2D eigenvalue weighted by atomic mass is 10.1. The third-order valence-electron chi connectivity index (χ3n) is 5.58. The highest BCUT2D eigenvalue weighted by Gasteiger charge is 2.29. The van der Waals surface area contributed by atoms with Gasteiger partial charge in [0.25, 0.3) is 0 Å². The number of aryl methyl sites for hydroxylation is 1. The van der Waals surface area contributed by atoms with Crippen molar-refractivity contribution in [3.8, 4) is 5.75 Å². The fourth-order valence-corrected chi connectivity index (χ4v) is 4.12. The van der Waals surface area contributed by atoms with Gasteiger partial charge in [-0.05, 0) is 37.6 Å². The fraction of sp³-hybridized carbons (Fsp3) is 0.360. The summed E-state index contributed by atoms with van der Waals surface area (Å²) in [4.78, 5) is 26.7. The number of esters is 2. The van der Waals surface area contributed by atoms with Gasteiger partial charge in [0.1, 0.15) is 17.5 Å². The van der Waals surface area contributed by atoms with Crippen LogP contribution in [0.15, 0.2) is 48.5 Å². The van der Waals surface area contributed by atoms with Crippen LogP contribution < -0.4 is 9.64 Å². The highest BCUT2D eigenvalue weighted by Crippen LogP contribution is 2.39. The molecule has 1 aromatic heterocycles. The fourth-order valence-electron chi connectivity index (χ4n) is 4.12. The number of hydrogen-bond donors (Lipinski definition) is 0. The molecule has 0 radical (unpaired) electrons. The average molecular weight is 437 g/mol. The van der Waals surface area contributed by atoms with Gasteiger partial charge in [0.15, 0.2) is 0 Å². The minimum absolute atomic E-state index is 0.180. The lowest BCUT2D eigenvalue weighted by Crippen LogP contribution is -2.41. The molecule has 3 aromatic rings. The summed E-state index contributed by atoms with van der Waals surface area (Å²) >= 11 is 0. The second kappa shape index (κ2) is 9.34. The summed E-state index contributed by atoms with van der Waals surface area (Å²) in [5.41, 5.74) is 3.49. The smallest absolute Gasteiger partial charge is 0.354 e. The summed E-state index contributed by atoms with van der Waals surface area (Å²) in [5, 5.41) is 0.880. The third-order valence-corrected chi connectivity index (χ3v) is 5.58. The van der Waals surface area contributed by atoms with Gasteiger partial charge in [-0.1, -0.05) is 30.3 Å². The van der Waals surface area contributed by atoms with E-state index in [2.05, 4.69) is 17.0 Å². The van der Waals surface area contributed by atoms with Gasteiger partial charge >= 0.3 is 11.9 Å². The van der Waals surface area contributed by atoms with Gasteiger partial charge in [0, 0.05) is 19.0 Å². The monoisotopic (exact) mass is 436 g/mol. The Hall–Kier alpha value is -3.48. The van der Waals surface area contributed by atoms with E-state index in [-0.39, 0.29) is 24.5 Å². The van der Waals surface area contributed by atoms with Crippen molar-refractivity contribution in [3.05, 3.63) is 59.8 Å². The van der Waals surface area contributed by atoms with Crippen LogP contribution in [0.3, 0.4) is 0 Å². The molecule has 0 fully saturated rings. The second-order valence-electron chi connectivity index (χ2n) is 7.80. The Bertz CT molecular complexity index is 1120. The quantitative estimate of drug-likeness (QED) is 0.520. The SMILES string of the molecule is CCOC(=O)CC1CN(Cc2ccccc2)c2cc3c(cc2O1)cc(C(=O)OCC)n3C. The molecule has 32 heavy (non-hydrogen) atoms. The van der Waals surface area contributed by atoms with Gasteiger partial charge in [-0.2, -0.15) is 0 Å². The molecule has 0 aliphatic carbocycles. The van der Waals surface area contributed by atoms with Gasteiger partial charge in [0.2, 0.25) is 0 Å². The molecule has 168 valence electrons. The van der Waals surface area contributed by atoms with Crippen molar-refractivity contribution in [3.63, 3.8) is 0 Å². The Morgan fingerprint density at radius 2 is 1.81 bits per heavy atom. The number of carbonyl (C=O) groups excluding carboxylic acids is 2. The zero-order chi connectivity index (χ0) is 22.7. The van der Waals surface area contributed by atoms with Crippen LogP contribution in [0.5, 0.6) is 5.75 Å². The van der Waals surface area contributed by atoms with Crippen molar-refractivity contribution < 1.29 is 23.8 Å². The number of rotatable bonds is 7. The molecular weight excluding hydrogens is 408 g/mol. The summed E-state index contributed by atoms with van der Waals surface area (Å²) in [6, 6.07) is 16.0. The van der Waals surface area contributed by atoms with Crippen LogP contribution in [0, 0.1) is 0 Å². The van der Waals surface area contributed by atoms with Crippen molar-refractivity contribution in [2.75, 3.05) is 24.7 Å². The maximum absolute atomic E-state index is 12.4. The molecule has 0 saturated carbocycles. The van der Waals surface area contributed by atoms with E-state index in [0.29, 0.717) is 37.7 Å². The van der Waals surface area contributed by atoms with E-state index < -0.39 is 0 Å². The predicted molar refractivity (Wildman–Crippen MR) is 122 cm³/mol. The molecular formula is C25H28N2O5. The molecule has 0 amide bonds. The Balaban J connectivity index is 1.72.